The number of carbonyl (C=O) groups is 2. The lowest BCUT2D eigenvalue weighted by molar-refractivity contribution is 0.0732. The summed E-state index contributed by atoms with van der Waals surface area (Å²) in [6.45, 7) is 2.42. The fourth-order valence-corrected chi connectivity index (χ4v) is 4.46. The highest BCUT2D eigenvalue weighted by atomic mass is 32.1. The summed E-state index contributed by atoms with van der Waals surface area (Å²) in [5, 5.41) is 7.52. The quantitative estimate of drug-likeness (QED) is 0.490. The van der Waals surface area contributed by atoms with Crippen molar-refractivity contribution < 1.29 is 18.5 Å². The summed E-state index contributed by atoms with van der Waals surface area (Å²) in [5.41, 5.74) is 0.781. The van der Waals surface area contributed by atoms with Gasteiger partial charge >= 0.3 is 5.63 Å². The maximum atomic E-state index is 13.0. The molecule has 10 heteroatoms. The molecule has 0 saturated carbocycles. The van der Waals surface area contributed by atoms with Crippen LogP contribution in [0.1, 0.15) is 37.2 Å². The molecule has 156 valence electrons. The van der Waals surface area contributed by atoms with Crippen molar-refractivity contribution >= 4 is 39.3 Å². The zero-order chi connectivity index (χ0) is 21.5. The number of aryl methyl sites for hydroxylation is 1. The lowest BCUT2D eigenvalue weighted by Gasteiger charge is -2.25. The Morgan fingerprint density at radius 3 is 2.87 bits per heavy atom. The number of rotatable bonds is 3. The van der Waals surface area contributed by atoms with Crippen molar-refractivity contribution in [2.24, 2.45) is 0 Å². The summed E-state index contributed by atoms with van der Waals surface area (Å²) < 4.78 is 10.2. The average Bonchev–Trinajstić information content (AvgIpc) is 3.37. The molecule has 0 bridgehead atoms. The third-order valence-corrected chi connectivity index (χ3v) is 5.97. The molecule has 4 heterocycles. The molecule has 5 rings (SSSR count). The molecular weight excluding hydrogens is 420 g/mol. The maximum absolute atomic E-state index is 13.0. The Hall–Kier alpha value is -3.79. The molecule has 1 aliphatic heterocycles. The normalized spacial score (nSPS) is 13.3. The Kier molecular flexibility index (Phi) is 4.63. The number of para-hydroxylation sites is 1. The van der Waals surface area contributed by atoms with Crippen LogP contribution in [0.2, 0.25) is 0 Å². The highest BCUT2D eigenvalue weighted by Gasteiger charge is 2.27. The van der Waals surface area contributed by atoms with E-state index in [0.717, 1.165) is 10.6 Å². The minimum absolute atomic E-state index is 0.00148. The first-order valence-corrected chi connectivity index (χ1v) is 10.3. The third-order valence-electron chi connectivity index (χ3n) is 4.97. The monoisotopic (exact) mass is 436 g/mol. The van der Waals surface area contributed by atoms with E-state index < -0.39 is 11.5 Å². The zero-order valence-corrected chi connectivity index (χ0v) is 17.2. The van der Waals surface area contributed by atoms with E-state index in [9.17, 15) is 14.4 Å². The van der Waals surface area contributed by atoms with E-state index in [4.69, 9.17) is 8.94 Å². The predicted molar refractivity (Wildman–Crippen MR) is 112 cm³/mol. The topological polar surface area (TPSA) is 119 Å². The number of aromatic nitrogens is 2. The van der Waals surface area contributed by atoms with Crippen molar-refractivity contribution in [3.05, 3.63) is 74.4 Å². The number of hydrogen-bond donors (Lipinski definition) is 1. The van der Waals surface area contributed by atoms with Crippen LogP contribution in [0.15, 0.2) is 50.1 Å². The molecule has 0 radical (unpaired) electrons. The molecule has 0 spiro atoms. The summed E-state index contributed by atoms with van der Waals surface area (Å²) >= 11 is 1.29. The molecule has 31 heavy (non-hydrogen) atoms. The number of anilines is 1. The average molecular weight is 436 g/mol. The summed E-state index contributed by atoms with van der Waals surface area (Å²) in [5.74, 6) is -0.261. The van der Waals surface area contributed by atoms with E-state index in [-0.39, 0.29) is 17.2 Å². The van der Waals surface area contributed by atoms with E-state index >= 15 is 0 Å². The van der Waals surface area contributed by atoms with Crippen LogP contribution >= 0.6 is 11.3 Å². The molecule has 4 aromatic rings. The maximum Gasteiger partial charge on any atom is 0.349 e. The van der Waals surface area contributed by atoms with E-state index in [1.807, 2.05) is 6.07 Å². The molecule has 0 aliphatic carbocycles. The van der Waals surface area contributed by atoms with Gasteiger partial charge in [0, 0.05) is 29.3 Å². The number of fused-ring (bicyclic) bond motifs is 2. The molecule has 0 atom stereocenters. The molecule has 9 nitrogen and oxygen atoms in total. The largest absolute Gasteiger partial charge is 0.422 e. The van der Waals surface area contributed by atoms with Gasteiger partial charge in [0.1, 0.15) is 16.9 Å². The second kappa shape index (κ2) is 7.47. The van der Waals surface area contributed by atoms with Crippen molar-refractivity contribution in [3.8, 4) is 0 Å². The van der Waals surface area contributed by atoms with Crippen LogP contribution in [0.4, 0.5) is 5.13 Å². The van der Waals surface area contributed by atoms with E-state index in [1.54, 1.807) is 42.2 Å². The molecule has 1 N–H and O–H groups in total. The van der Waals surface area contributed by atoms with Crippen LogP contribution in [0.3, 0.4) is 0 Å². The van der Waals surface area contributed by atoms with Crippen molar-refractivity contribution in [2.75, 3.05) is 11.9 Å². The number of nitrogens with one attached hydrogen (secondary N) is 1. The van der Waals surface area contributed by atoms with E-state index in [2.05, 4.69) is 15.5 Å². The van der Waals surface area contributed by atoms with Gasteiger partial charge in [0.2, 0.25) is 0 Å². The molecule has 0 saturated heterocycles. The SMILES string of the molecule is Cc1cc(C(=O)Nc2nc3c(s2)CN(C(=O)c2cc4ccccc4oc2=O)CC3)no1. The van der Waals surface area contributed by atoms with Crippen LogP contribution in [0, 0.1) is 6.92 Å². The standard InChI is InChI=1S/C21H16N4O5S/c1-11-8-15(24-30-11)18(26)23-21-22-14-6-7-25(10-17(14)31-21)19(27)13-9-12-4-2-3-5-16(12)29-20(13)28/h2-5,8-9H,6-7,10H2,1H3,(H,22,23,26). The highest BCUT2D eigenvalue weighted by Crippen LogP contribution is 2.29. The molecular formula is C21H16N4O5S. The van der Waals surface area contributed by atoms with Crippen molar-refractivity contribution in [1.82, 2.24) is 15.0 Å². The summed E-state index contributed by atoms with van der Waals surface area (Å²) in [6.07, 6.45) is 0.523. The van der Waals surface area contributed by atoms with Crippen LogP contribution in [0.25, 0.3) is 11.0 Å². The van der Waals surface area contributed by atoms with Crippen molar-refractivity contribution in [3.63, 3.8) is 0 Å². The van der Waals surface area contributed by atoms with Gasteiger partial charge in [0.25, 0.3) is 11.8 Å². The lowest BCUT2D eigenvalue weighted by Crippen LogP contribution is -2.37. The number of thiazole rings is 1. The Morgan fingerprint density at radius 1 is 1.23 bits per heavy atom. The molecule has 0 fully saturated rings. The van der Waals surface area contributed by atoms with Gasteiger partial charge in [-0.05, 0) is 19.1 Å². The third kappa shape index (κ3) is 3.61. The van der Waals surface area contributed by atoms with Gasteiger partial charge in [-0.1, -0.05) is 34.7 Å². The number of benzene rings is 1. The van der Waals surface area contributed by atoms with Crippen LogP contribution in [-0.4, -0.2) is 33.4 Å². The van der Waals surface area contributed by atoms with Crippen LogP contribution < -0.4 is 10.9 Å². The van der Waals surface area contributed by atoms with Gasteiger partial charge in [0.15, 0.2) is 10.8 Å². The Bertz CT molecular complexity index is 1390. The molecule has 1 aromatic carbocycles. The first-order valence-electron chi connectivity index (χ1n) is 9.53. The van der Waals surface area contributed by atoms with Gasteiger partial charge in [-0.2, -0.15) is 0 Å². The van der Waals surface area contributed by atoms with Gasteiger partial charge < -0.3 is 13.8 Å². The van der Waals surface area contributed by atoms with Gasteiger partial charge in [-0.15, -0.1) is 0 Å². The molecule has 2 amide bonds. The Morgan fingerprint density at radius 2 is 2.06 bits per heavy atom. The Balaban J connectivity index is 1.35. The minimum atomic E-state index is -0.658. The van der Waals surface area contributed by atoms with Gasteiger partial charge in [-0.3, -0.25) is 14.9 Å². The van der Waals surface area contributed by atoms with Crippen molar-refractivity contribution in [2.45, 2.75) is 19.9 Å². The summed E-state index contributed by atoms with van der Waals surface area (Å²) in [7, 11) is 0. The molecule has 1 aliphatic rings. The Labute approximate surface area is 179 Å². The summed E-state index contributed by atoms with van der Waals surface area (Å²) in [6, 6.07) is 10.2. The number of nitrogens with zero attached hydrogens (tertiary/aromatic N) is 3. The van der Waals surface area contributed by atoms with Crippen LogP contribution in [-0.2, 0) is 13.0 Å². The second-order valence-corrected chi connectivity index (χ2v) is 8.21. The fraction of sp³-hybridized carbons (Fsp3) is 0.190. The first-order chi connectivity index (χ1) is 15.0. The zero-order valence-electron chi connectivity index (χ0n) is 16.4. The highest BCUT2D eigenvalue weighted by molar-refractivity contribution is 7.15. The van der Waals surface area contributed by atoms with Crippen LogP contribution in [0.5, 0.6) is 0 Å². The van der Waals surface area contributed by atoms with E-state index in [0.29, 0.717) is 41.4 Å². The van der Waals surface area contributed by atoms with Gasteiger partial charge in [0.05, 0.1) is 12.2 Å². The second-order valence-electron chi connectivity index (χ2n) is 7.13. The molecule has 0 unspecified atom stereocenters. The predicted octanol–water partition coefficient (Wildman–Crippen LogP) is 3.00. The molecule has 3 aromatic heterocycles. The van der Waals surface area contributed by atoms with Crippen molar-refractivity contribution in [1.29, 1.82) is 0 Å². The minimum Gasteiger partial charge on any atom is -0.422 e. The summed E-state index contributed by atoms with van der Waals surface area (Å²) in [4.78, 5) is 44.5. The lowest BCUT2D eigenvalue weighted by atomic mass is 10.1. The number of carbonyl (C=O) groups excluding carboxylic acids is 2. The number of hydrogen-bond acceptors (Lipinski definition) is 8. The first kappa shape index (κ1) is 19.2. The fourth-order valence-electron chi connectivity index (χ4n) is 3.44. The smallest absolute Gasteiger partial charge is 0.349 e. The number of amides is 2. The van der Waals surface area contributed by atoms with Gasteiger partial charge in [-0.25, -0.2) is 9.78 Å². The van der Waals surface area contributed by atoms with E-state index in [1.165, 1.54) is 11.3 Å².